The first-order valence-corrected chi connectivity index (χ1v) is 12.6. The van der Waals surface area contributed by atoms with Crippen LogP contribution in [0.25, 0.3) is 0 Å². The van der Waals surface area contributed by atoms with Gasteiger partial charge in [0.25, 0.3) is 0 Å². The number of ether oxygens (including phenoxy) is 5. The van der Waals surface area contributed by atoms with E-state index < -0.39 is 78.6 Å². The van der Waals surface area contributed by atoms with Crippen LogP contribution in [0.2, 0.25) is 0 Å². The molecule has 3 rings (SSSR count). The summed E-state index contributed by atoms with van der Waals surface area (Å²) >= 11 is 6.29. The molecule has 3 aliphatic heterocycles. The minimum atomic E-state index is -1.41. The first-order valence-electron chi connectivity index (χ1n) is 12.1. The van der Waals surface area contributed by atoms with Gasteiger partial charge in [0.1, 0.15) is 35.9 Å². The third-order valence-corrected chi connectivity index (χ3v) is 7.92. The zero-order chi connectivity index (χ0) is 26.8. The number of alkyl halides is 1. The summed E-state index contributed by atoms with van der Waals surface area (Å²) < 4.78 is 29.1. The minimum absolute atomic E-state index is 0.0327. The summed E-state index contributed by atoms with van der Waals surface area (Å²) in [7, 11) is 1.22. The minimum Gasteiger partial charge on any atom is -0.469 e. The van der Waals surface area contributed by atoms with Crippen molar-refractivity contribution in [3.8, 4) is 0 Å². The summed E-state index contributed by atoms with van der Waals surface area (Å²) in [6.07, 6.45) is -3.72. The number of aliphatic hydroxyl groups is 2. The smallest absolute Gasteiger partial charge is 0.336 e. The van der Waals surface area contributed by atoms with Gasteiger partial charge in [-0.15, -0.1) is 11.6 Å². The Balaban J connectivity index is 2.24. The molecule has 0 radical (unpaired) electrons. The number of carbonyl (C=O) groups is 3. The van der Waals surface area contributed by atoms with Gasteiger partial charge in [-0.3, -0.25) is 4.79 Å². The summed E-state index contributed by atoms with van der Waals surface area (Å²) in [5.74, 6) is -4.64. The topological polar surface area (TPSA) is 138 Å². The van der Waals surface area contributed by atoms with Crippen LogP contribution in [-0.4, -0.2) is 89.9 Å². The highest BCUT2D eigenvalue weighted by Gasteiger charge is 2.63. The fourth-order valence-electron chi connectivity index (χ4n) is 5.19. The van der Waals surface area contributed by atoms with E-state index in [-0.39, 0.29) is 23.4 Å². The van der Waals surface area contributed by atoms with E-state index in [1.165, 1.54) is 13.2 Å². The molecule has 0 saturated carbocycles. The number of methoxy groups -OCH3 is 1. The van der Waals surface area contributed by atoms with Crippen molar-refractivity contribution in [2.45, 2.75) is 82.3 Å². The number of fused-ring (bicyclic) bond motifs is 3. The molecular weight excluding hydrogens is 496 g/mol. The van der Waals surface area contributed by atoms with Crippen LogP contribution >= 0.6 is 11.6 Å². The number of aliphatic hydroxyl groups excluding tert-OH is 2. The number of allylic oxidation sites excluding steroid dienone is 1. The molecular formula is C25H35ClO10. The maximum atomic E-state index is 13.2. The van der Waals surface area contributed by atoms with Crippen molar-refractivity contribution in [1.29, 1.82) is 0 Å². The summed E-state index contributed by atoms with van der Waals surface area (Å²) in [4.78, 5) is 39.0. The van der Waals surface area contributed by atoms with E-state index in [2.05, 4.69) is 6.58 Å². The second kappa shape index (κ2) is 11.6. The van der Waals surface area contributed by atoms with E-state index in [1.807, 2.05) is 6.92 Å². The molecule has 3 saturated heterocycles. The van der Waals surface area contributed by atoms with Gasteiger partial charge in [-0.1, -0.05) is 19.6 Å². The van der Waals surface area contributed by atoms with Crippen LogP contribution in [0.3, 0.4) is 0 Å². The Hall–Kier alpha value is -1.98. The molecule has 2 bridgehead atoms. The second-order valence-corrected chi connectivity index (χ2v) is 9.74. The van der Waals surface area contributed by atoms with Gasteiger partial charge in [-0.2, -0.15) is 0 Å². The molecule has 11 heteroatoms. The second-order valence-electron chi connectivity index (χ2n) is 9.47. The number of hydrogen-bond acceptors (Lipinski definition) is 10. The van der Waals surface area contributed by atoms with Crippen LogP contribution in [0.5, 0.6) is 0 Å². The molecule has 0 spiro atoms. The molecule has 3 fully saturated rings. The Bertz CT molecular complexity index is 903. The highest BCUT2D eigenvalue weighted by molar-refractivity contribution is 6.18. The van der Waals surface area contributed by atoms with Crippen LogP contribution in [-0.2, 0) is 38.1 Å². The summed E-state index contributed by atoms with van der Waals surface area (Å²) in [6.45, 7) is 8.50. The lowest BCUT2D eigenvalue weighted by molar-refractivity contribution is -0.188. The molecule has 0 aromatic carbocycles. The molecule has 9 atom stereocenters. The number of rotatable bonds is 8. The first kappa shape index (κ1) is 28.6. The van der Waals surface area contributed by atoms with Gasteiger partial charge < -0.3 is 33.9 Å². The first-order chi connectivity index (χ1) is 17.1. The van der Waals surface area contributed by atoms with E-state index in [1.54, 1.807) is 13.8 Å². The van der Waals surface area contributed by atoms with Crippen molar-refractivity contribution in [3.05, 3.63) is 23.8 Å². The Morgan fingerprint density at radius 1 is 1.36 bits per heavy atom. The molecule has 0 aromatic heterocycles. The standard InChI is InChI=1S/C25H35ClO10/c1-6-12(3)33-19-17(24(31)32-5)15-8-9-25(11-26,36-15)21(28)20-16(13(4)22(29)35-20)18(19)34-23(30)14(7-2)10-27/h7,12,15-21,27-28H,4,6,8-11H2,1-3,5H3/b14-7+/t12-,15+,16+,17-,18-,19-,20-,21+,25+/m0/s1. The predicted molar refractivity (Wildman–Crippen MR) is 127 cm³/mol. The van der Waals surface area contributed by atoms with Gasteiger partial charge in [0.2, 0.25) is 0 Å². The third-order valence-electron chi connectivity index (χ3n) is 7.47. The number of hydrogen-bond donors (Lipinski definition) is 2. The van der Waals surface area contributed by atoms with Gasteiger partial charge >= 0.3 is 17.9 Å². The van der Waals surface area contributed by atoms with Crippen LogP contribution < -0.4 is 0 Å². The van der Waals surface area contributed by atoms with Crippen molar-refractivity contribution >= 4 is 29.5 Å². The summed E-state index contributed by atoms with van der Waals surface area (Å²) in [5, 5.41) is 21.1. The molecule has 0 aromatic rings. The molecule has 0 aliphatic carbocycles. The van der Waals surface area contributed by atoms with E-state index in [9.17, 15) is 24.6 Å². The number of carbonyl (C=O) groups excluding carboxylic acids is 3. The molecule has 36 heavy (non-hydrogen) atoms. The van der Waals surface area contributed by atoms with Crippen LogP contribution in [0.15, 0.2) is 23.8 Å². The molecule has 0 amide bonds. The highest BCUT2D eigenvalue weighted by Crippen LogP contribution is 2.48. The predicted octanol–water partition coefficient (Wildman–Crippen LogP) is 1.44. The average molecular weight is 531 g/mol. The van der Waals surface area contributed by atoms with E-state index in [0.29, 0.717) is 12.8 Å². The Kier molecular flexibility index (Phi) is 9.21. The van der Waals surface area contributed by atoms with Crippen LogP contribution in [0, 0.1) is 11.8 Å². The SMILES string of the molecule is C=C1C(=O)O[C@H]2[C@H]1[C@H](OC(=O)/C(=C/C)CO)[C@@H](O[C@@H](C)CC)[C@@H](C(=O)OC)[C@H]1CC[C@](CCl)(O1)[C@@H]2O. The normalized spacial score (nSPS) is 37.3. The Morgan fingerprint density at radius 2 is 2.06 bits per heavy atom. The molecule has 3 heterocycles. The van der Waals surface area contributed by atoms with E-state index in [0.717, 1.165) is 0 Å². The third kappa shape index (κ3) is 5.06. The fraction of sp³-hybridized carbons (Fsp3) is 0.720. The summed E-state index contributed by atoms with van der Waals surface area (Å²) in [6, 6.07) is 0. The van der Waals surface area contributed by atoms with Gasteiger partial charge in [0.05, 0.1) is 43.3 Å². The maximum Gasteiger partial charge on any atom is 0.336 e. The zero-order valence-corrected chi connectivity index (χ0v) is 21.7. The summed E-state index contributed by atoms with van der Waals surface area (Å²) in [5.41, 5.74) is -1.41. The molecule has 10 nitrogen and oxygen atoms in total. The Morgan fingerprint density at radius 3 is 2.61 bits per heavy atom. The quantitative estimate of drug-likeness (QED) is 0.205. The molecule has 202 valence electrons. The van der Waals surface area contributed by atoms with Crippen molar-refractivity contribution in [2.24, 2.45) is 11.8 Å². The lowest BCUT2D eigenvalue weighted by Gasteiger charge is -2.39. The van der Waals surface area contributed by atoms with E-state index in [4.69, 9.17) is 35.3 Å². The van der Waals surface area contributed by atoms with Crippen molar-refractivity contribution in [3.63, 3.8) is 0 Å². The monoisotopic (exact) mass is 530 g/mol. The van der Waals surface area contributed by atoms with Gasteiger partial charge in [0, 0.05) is 5.57 Å². The highest BCUT2D eigenvalue weighted by atomic mass is 35.5. The molecule has 2 N–H and O–H groups in total. The zero-order valence-electron chi connectivity index (χ0n) is 21.0. The van der Waals surface area contributed by atoms with Crippen molar-refractivity contribution < 1.29 is 48.3 Å². The van der Waals surface area contributed by atoms with Crippen molar-refractivity contribution in [2.75, 3.05) is 19.6 Å². The Labute approximate surface area is 215 Å². The van der Waals surface area contributed by atoms with Gasteiger partial charge in [0.15, 0.2) is 0 Å². The van der Waals surface area contributed by atoms with E-state index >= 15 is 0 Å². The van der Waals surface area contributed by atoms with Crippen LogP contribution in [0.1, 0.15) is 40.0 Å². The lowest BCUT2D eigenvalue weighted by atomic mass is 9.76. The van der Waals surface area contributed by atoms with Crippen LogP contribution in [0.4, 0.5) is 0 Å². The largest absolute Gasteiger partial charge is 0.469 e. The molecule has 3 aliphatic rings. The fourth-order valence-corrected chi connectivity index (χ4v) is 5.54. The van der Waals surface area contributed by atoms with Gasteiger partial charge in [-0.25, -0.2) is 9.59 Å². The molecule has 0 unspecified atom stereocenters. The number of esters is 3. The number of halogens is 1. The van der Waals surface area contributed by atoms with Crippen molar-refractivity contribution in [1.82, 2.24) is 0 Å². The van der Waals surface area contributed by atoms with Gasteiger partial charge in [-0.05, 0) is 33.1 Å². The lowest BCUT2D eigenvalue weighted by Crippen LogP contribution is -2.55. The average Bonchev–Trinajstić information content (AvgIpc) is 3.44. The maximum absolute atomic E-state index is 13.2.